The van der Waals surface area contributed by atoms with Gasteiger partial charge in [-0.1, -0.05) is 60.2 Å². The topological polar surface area (TPSA) is 79.7 Å². The Labute approximate surface area is 217 Å². The van der Waals surface area contributed by atoms with E-state index in [1.807, 2.05) is 32.0 Å². The number of Topliss-reactive ketones (excluding diaryl/α,β-unsaturated/α-hetero) is 1. The highest BCUT2D eigenvalue weighted by molar-refractivity contribution is 7.22. The maximum Gasteiger partial charge on any atom is 0.301 e. The highest BCUT2D eigenvalue weighted by Gasteiger charge is 2.48. The second-order valence-electron chi connectivity index (χ2n) is 8.56. The van der Waals surface area contributed by atoms with E-state index < -0.39 is 17.7 Å². The molecule has 1 saturated heterocycles. The van der Waals surface area contributed by atoms with Crippen LogP contribution < -0.4 is 9.64 Å². The molecule has 4 aromatic rings. The van der Waals surface area contributed by atoms with E-state index in [2.05, 4.69) is 4.98 Å². The minimum Gasteiger partial charge on any atom is -0.507 e. The molecule has 36 heavy (non-hydrogen) atoms. The second-order valence-corrected chi connectivity index (χ2v) is 10.0. The highest BCUT2D eigenvalue weighted by atomic mass is 35.5. The molecule has 1 aliphatic heterocycles. The molecule has 5 rings (SSSR count). The number of halogens is 1. The normalized spacial score (nSPS) is 17.2. The van der Waals surface area contributed by atoms with Gasteiger partial charge in [0.15, 0.2) is 5.13 Å². The van der Waals surface area contributed by atoms with Gasteiger partial charge in [0.1, 0.15) is 11.5 Å². The fraction of sp³-hybridized carbons (Fsp3) is 0.179. The van der Waals surface area contributed by atoms with Crippen LogP contribution in [0.4, 0.5) is 5.13 Å². The molecule has 1 aliphatic rings. The molecule has 2 heterocycles. The van der Waals surface area contributed by atoms with Gasteiger partial charge in [0.2, 0.25) is 0 Å². The molecule has 8 heteroatoms. The van der Waals surface area contributed by atoms with Gasteiger partial charge >= 0.3 is 5.91 Å². The maximum atomic E-state index is 13.4. The predicted molar refractivity (Wildman–Crippen MR) is 143 cm³/mol. The molecule has 1 unspecified atom stereocenters. The molecule has 0 saturated carbocycles. The van der Waals surface area contributed by atoms with Crippen molar-refractivity contribution in [1.82, 2.24) is 4.98 Å². The third-order valence-electron chi connectivity index (χ3n) is 5.95. The van der Waals surface area contributed by atoms with Gasteiger partial charge in [-0.25, -0.2) is 4.98 Å². The lowest BCUT2D eigenvalue weighted by Crippen LogP contribution is -2.29. The number of aromatic nitrogens is 1. The number of aliphatic hydroxyl groups is 1. The third-order valence-corrected chi connectivity index (χ3v) is 7.22. The number of aliphatic hydroxyl groups excluding tert-OH is 1. The van der Waals surface area contributed by atoms with Crippen molar-refractivity contribution < 1.29 is 19.4 Å². The van der Waals surface area contributed by atoms with E-state index in [4.69, 9.17) is 16.3 Å². The van der Waals surface area contributed by atoms with Crippen molar-refractivity contribution in [2.75, 3.05) is 11.5 Å². The number of ether oxygens (including phenoxy) is 1. The highest BCUT2D eigenvalue weighted by Crippen LogP contribution is 2.44. The Bertz CT molecular complexity index is 1510. The predicted octanol–water partition coefficient (Wildman–Crippen LogP) is 6.67. The van der Waals surface area contributed by atoms with E-state index in [0.29, 0.717) is 33.6 Å². The first-order chi connectivity index (χ1) is 17.4. The summed E-state index contributed by atoms with van der Waals surface area (Å²) in [5.74, 6) is -1.22. The molecule has 1 N–H and O–H groups in total. The van der Waals surface area contributed by atoms with Crippen LogP contribution in [0.1, 0.15) is 36.1 Å². The summed E-state index contributed by atoms with van der Waals surface area (Å²) in [6.07, 6.45) is 0.833. The molecule has 3 aromatic carbocycles. The first-order valence-electron chi connectivity index (χ1n) is 11.5. The first kappa shape index (κ1) is 24.0. The number of benzene rings is 3. The lowest BCUT2D eigenvalue weighted by molar-refractivity contribution is -0.132. The Morgan fingerprint density at radius 3 is 2.64 bits per heavy atom. The summed E-state index contributed by atoms with van der Waals surface area (Å²) in [4.78, 5) is 32.8. The summed E-state index contributed by atoms with van der Waals surface area (Å²) in [6.45, 7) is 4.51. The minimum atomic E-state index is -0.871. The number of thiazole rings is 1. The average Bonchev–Trinajstić information content (AvgIpc) is 3.40. The second kappa shape index (κ2) is 9.76. The largest absolute Gasteiger partial charge is 0.507 e. The van der Waals surface area contributed by atoms with Crippen LogP contribution in [0.2, 0.25) is 5.02 Å². The van der Waals surface area contributed by atoms with E-state index in [9.17, 15) is 14.7 Å². The maximum absolute atomic E-state index is 13.4. The van der Waals surface area contributed by atoms with Crippen molar-refractivity contribution in [1.29, 1.82) is 0 Å². The van der Waals surface area contributed by atoms with Crippen LogP contribution in [0.15, 0.2) is 72.3 Å². The molecule has 1 atom stereocenters. The number of rotatable bonds is 6. The molecule has 6 nitrogen and oxygen atoms in total. The fourth-order valence-corrected chi connectivity index (χ4v) is 5.44. The standard InChI is InChI=1S/C28H23ClN2O4S/c1-3-13-35-20-6-4-5-18(15-20)25(32)23-24(17-8-10-19(29)11-9-17)31(27(34)26(23)33)28-30-21-12-7-16(2)14-22(21)36-28/h4-12,14-15,24,32H,3,13H2,1-2H3/b25-23+. The van der Waals surface area contributed by atoms with E-state index >= 15 is 0 Å². The molecule has 0 aliphatic carbocycles. The van der Waals surface area contributed by atoms with Gasteiger partial charge in [-0.2, -0.15) is 0 Å². The van der Waals surface area contributed by atoms with Gasteiger partial charge in [0.05, 0.1) is 28.4 Å². The lowest BCUT2D eigenvalue weighted by Gasteiger charge is -2.23. The van der Waals surface area contributed by atoms with Gasteiger partial charge in [-0.05, 0) is 60.9 Å². The van der Waals surface area contributed by atoms with Crippen LogP contribution in [0.5, 0.6) is 5.75 Å². The summed E-state index contributed by atoms with van der Waals surface area (Å²) >= 11 is 7.45. The van der Waals surface area contributed by atoms with Crippen molar-refractivity contribution in [3.8, 4) is 5.75 Å². The van der Waals surface area contributed by atoms with Gasteiger partial charge in [-0.3, -0.25) is 14.5 Å². The quantitative estimate of drug-likeness (QED) is 0.175. The Morgan fingerprint density at radius 1 is 1.11 bits per heavy atom. The van der Waals surface area contributed by atoms with E-state index in [0.717, 1.165) is 22.2 Å². The fourth-order valence-electron chi connectivity index (χ4n) is 4.22. The number of ketones is 1. The van der Waals surface area contributed by atoms with Crippen LogP contribution >= 0.6 is 22.9 Å². The number of amides is 1. The van der Waals surface area contributed by atoms with Crippen molar-refractivity contribution in [3.63, 3.8) is 0 Å². The van der Waals surface area contributed by atoms with Gasteiger partial charge in [-0.15, -0.1) is 0 Å². The number of anilines is 1. The zero-order chi connectivity index (χ0) is 25.4. The molecule has 0 bridgehead atoms. The monoisotopic (exact) mass is 518 g/mol. The molecule has 182 valence electrons. The van der Waals surface area contributed by atoms with Crippen molar-refractivity contribution in [2.45, 2.75) is 26.3 Å². The first-order valence-corrected chi connectivity index (χ1v) is 12.7. The van der Waals surface area contributed by atoms with Gasteiger partial charge < -0.3 is 9.84 Å². The van der Waals surface area contributed by atoms with Crippen molar-refractivity contribution >= 4 is 55.7 Å². The van der Waals surface area contributed by atoms with Crippen LogP contribution in [0.25, 0.3) is 16.0 Å². The number of carbonyl (C=O) groups excluding carboxylic acids is 2. The van der Waals surface area contributed by atoms with Gasteiger partial charge in [0.25, 0.3) is 5.78 Å². The minimum absolute atomic E-state index is 0.00889. The lowest BCUT2D eigenvalue weighted by atomic mass is 9.95. The summed E-state index contributed by atoms with van der Waals surface area (Å²) in [5.41, 5.74) is 2.82. The number of carbonyl (C=O) groups is 2. The van der Waals surface area contributed by atoms with Crippen LogP contribution in [-0.4, -0.2) is 28.4 Å². The molecule has 0 radical (unpaired) electrons. The zero-order valence-electron chi connectivity index (χ0n) is 19.7. The molecule has 0 spiro atoms. The van der Waals surface area contributed by atoms with Gasteiger partial charge in [0, 0.05) is 10.6 Å². The van der Waals surface area contributed by atoms with E-state index in [1.165, 1.54) is 16.2 Å². The summed E-state index contributed by atoms with van der Waals surface area (Å²) in [7, 11) is 0. The number of nitrogens with zero attached hydrogens (tertiary/aromatic N) is 2. The van der Waals surface area contributed by atoms with E-state index in [-0.39, 0.29) is 11.3 Å². The van der Waals surface area contributed by atoms with Crippen LogP contribution in [-0.2, 0) is 9.59 Å². The molecular weight excluding hydrogens is 496 g/mol. The summed E-state index contributed by atoms with van der Waals surface area (Å²) in [5, 5.41) is 12.3. The smallest absolute Gasteiger partial charge is 0.301 e. The number of fused-ring (bicyclic) bond motifs is 1. The van der Waals surface area contributed by atoms with Crippen LogP contribution in [0, 0.1) is 6.92 Å². The number of aryl methyl sites for hydroxylation is 1. The number of hydrogen-bond donors (Lipinski definition) is 1. The molecular formula is C28H23ClN2O4S. The van der Waals surface area contributed by atoms with E-state index in [1.54, 1.807) is 48.5 Å². The third kappa shape index (κ3) is 4.36. The Kier molecular flexibility index (Phi) is 6.51. The molecule has 1 fully saturated rings. The van der Waals surface area contributed by atoms with Crippen LogP contribution in [0.3, 0.4) is 0 Å². The Morgan fingerprint density at radius 2 is 1.89 bits per heavy atom. The SMILES string of the molecule is CCCOc1cccc(/C(O)=C2\C(=O)C(=O)N(c3nc4ccc(C)cc4s3)C2c2ccc(Cl)cc2)c1. The Hall–Kier alpha value is -3.68. The van der Waals surface area contributed by atoms with Crippen molar-refractivity contribution in [2.24, 2.45) is 0 Å². The number of hydrogen-bond acceptors (Lipinski definition) is 6. The average molecular weight is 519 g/mol. The Balaban J connectivity index is 1.68. The summed E-state index contributed by atoms with van der Waals surface area (Å²) in [6, 6.07) is 18.7. The molecule has 1 amide bonds. The molecule has 1 aromatic heterocycles. The summed E-state index contributed by atoms with van der Waals surface area (Å²) < 4.78 is 6.60. The van der Waals surface area contributed by atoms with Crippen molar-refractivity contribution in [3.05, 3.63) is 94.0 Å². The zero-order valence-corrected chi connectivity index (χ0v) is 21.3.